The number of nitrogens with zero attached hydrogens (tertiary/aromatic N) is 4. The maximum atomic E-state index is 13.0. The summed E-state index contributed by atoms with van der Waals surface area (Å²) in [7, 11) is 0. The van der Waals surface area contributed by atoms with E-state index in [1.807, 2.05) is 6.92 Å². The molecule has 9 nitrogen and oxygen atoms in total. The van der Waals surface area contributed by atoms with Crippen molar-refractivity contribution in [2.75, 3.05) is 11.9 Å². The van der Waals surface area contributed by atoms with Crippen molar-refractivity contribution < 1.29 is 22.8 Å². The Morgan fingerprint density at radius 2 is 1.97 bits per heavy atom. The molecule has 0 aromatic carbocycles. The van der Waals surface area contributed by atoms with Gasteiger partial charge < -0.3 is 4.90 Å². The SMILES string of the molecule is CC/C=C/CCN(Cc1cnc2nc(NC(=O)C(C)C)[nH]c(=O)c2n1)C(=O)C(F)(F)F. The van der Waals surface area contributed by atoms with Gasteiger partial charge in [-0.1, -0.05) is 32.9 Å². The molecule has 0 saturated carbocycles. The Kier molecular flexibility index (Phi) is 7.83. The van der Waals surface area contributed by atoms with E-state index in [4.69, 9.17) is 0 Å². The molecule has 0 aliphatic rings. The number of hydrogen-bond donors (Lipinski definition) is 2. The molecule has 0 unspecified atom stereocenters. The third-order valence-electron chi connectivity index (χ3n) is 4.08. The van der Waals surface area contributed by atoms with E-state index in [1.165, 1.54) is 0 Å². The van der Waals surface area contributed by atoms with Crippen molar-refractivity contribution in [1.82, 2.24) is 24.8 Å². The summed E-state index contributed by atoms with van der Waals surface area (Å²) in [6.07, 6.45) is 0.524. The highest BCUT2D eigenvalue weighted by atomic mass is 19.4. The number of alkyl halides is 3. The summed E-state index contributed by atoms with van der Waals surface area (Å²) >= 11 is 0. The van der Waals surface area contributed by atoms with Crippen molar-refractivity contribution in [2.45, 2.75) is 46.3 Å². The summed E-state index contributed by atoms with van der Waals surface area (Å²) in [6, 6.07) is 0. The molecule has 0 atom stereocenters. The zero-order valence-corrected chi connectivity index (χ0v) is 17.3. The average Bonchev–Trinajstić information content (AvgIpc) is 2.69. The number of hydrogen-bond acceptors (Lipinski definition) is 6. The number of aromatic nitrogens is 4. The van der Waals surface area contributed by atoms with Crippen LogP contribution in [0.2, 0.25) is 0 Å². The monoisotopic (exact) mass is 440 g/mol. The van der Waals surface area contributed by atoms with Crippen LogP contribution >= 0.6 is 0 Å². The molecule has 2 heterocycles. The standard InChI is InChI=1S/C19H23F3N6O3/c1-4-5-6-7-8-28(17(31)19(20,21)22)10-12-9-23-14-13(24-12)16(30)27-18(25-14)26-15(29)11(2)3/h5-6,9,11H,4,7-8,10H2,1-3H3,(H2,23,25,26,27,29,30)/b6-5+. The normalized spacial score (nSPS) is 12.0. The van der Waals surface area contributed by atoms with Crippen molar-refractivity contribution in [1.29, 1.82) is 0 Å². The number of allylic oxidation sites excluding steroid dienone is 1. The molecule has 2 amide bonds. The van der Waals surface area contributed by atoms with Crippen LogP contribution in [0.25, 0.3) is 11.2 Å². The average molecular weight is 440 g/mol. The van der Waals surface area contributed by atoms with Crippen molar-refractivity contribution >= 4 is 28.9 Å². The van der Waals surface area contributed by atoms with Crippen molar-refractivity contribution in [3.63, 3.8) is 0 Å². The summed E-state index contributed by atoms with van der Waals surface area (Å²) in [5.41, 5.74) is -1.04. The molecule has 0 aliphatic heterocycles. The minimum Gasteiger partial charge on any atom is -0.329 e. The van der Waals surface area contributed by atoms with E-state index in [0.717, 1.165) is 12.6 Å². The van der Waals surface area contributed by atoms with Crippen LogP contribution in [0.5, 0.6) is 0 Å². The third kappa shape index (κ3) is 6.59. The molecule has 2 aromatic rings. The van der Waals surface area contributed by atoms with Crippen LogP contribution in [-0.4, -0.2) is 49.4 Å². The Hall–Kier alpha value is -3.31. The lowest BCUT2D eigenvalue weighted by Crippen LogP contribution is -2.41. The highest BCUT2D eigenvalue weighted by Gasteiger charge is 2.42. The number of carbonyl (C=O) groups is 2. The van der Waals surface area contributed by atoms with E-state index in [1.54, 1.807) is 26.0 Å². The number of nitrogens with one attached hydrogen (secondary N) is 2. The molecule has 2 N–H and O–H groups in total. The van der Waals surface area contributed by atoms with Gasteiger partial charge in [0, 0.05) is 12.5 Å². The van der Waals surface area contributed by atoms with Crippen molar-refractivity contribution in [2.24, 2.45) is 5.92 Å². The molecule has 31 heavy (non-hydrogen) atoms. The zero-order valence-electron chi connectivity index (χ0n) is 17.3. The van der Waals surface area contributed by atoms with Gasteiger partial charge in [0.25, 0.3) is 5.56 Å². The summed E-state index contributed by atoms with van der Waals surface area (Å²) in [4.78, 5) is 50.8. The van der Waals surface area contributed by atoms with E-state index < -0.39 is 24.2 Å². The van der Waals surface area contributed by atoms with Gasteiger partial charge in [-0.3, -0.25) is 24.7 Å². The van der Waals surface area contributed by atoms with Crippen LogP contribution in [0.15, 0.2) is 23.1 Å². The minimum absolute atomic E-state index is 0.00385. The highest BCUT2D eigenvalue weighted by molar-refractivity contribution is 5.91. The topological polar surface area (TPSA) is 121 Å². The second-order valence-corrected chi connectivity index (χ2v) is 6.98. The largest absolute Gasteiger partial charge is 0.471 e. The van der Waals surface area contributed by atoms with Crippen LogP contribution < -0.4 is 10.9 Å². The van der Waals surface area contributed by atoms with E-state index in [9.17, 15) is 27.6 Å². The third-order valence-corrected chi connectivity index (χ3v) is 4.08. The van der Waals surface area contributed by atoms with E-state index in [0.29, 0.717) is 4.90 Å². The zero-order chi connectivity index (χ0) is 23.2. The minimum atomic E-state index is -5.04. The number of anilines is 1. The highest BCUT2D eigenvalue weighted by Crippen LogP contribution is 2.20. The molecule has 0 saturated heterocycles. The number of H-pyrrole nitrogens is 1. The Bertz CT molecular complexity index is 1030. The lowest BCUT2D eigenvalue weighted by atomic mass is 10.2. The summed E-state index contributed by atoms with van der Waals surface area (Å²) in [5.74, 6) is -2.84. The summed E-state index contributed by atoms with van der Waals surface area (Å²) < 4.78 is 38.9. The molecule has 0 fully saturated rings. The number of halogens is 3. The summed E-state index contributed by atoms with van der Waals surface area (Å²) in [6.45, 7) is 4.54. The first-order valence-electron chi connectivity index (χ1n) is 9.60. The Labute approximate surface area is 175 Å². The first-order chi connectivity index (χ1) is 14.5. The Morgan fingerprint density at radius 1 is 1.26 bits per heavy atom. The number of rotatable bonds is 8. The number of amides is 2. The van der Waals surface area contributed by atoms with Gasteiger partial charge in [-0.05, 0) is 12.8 Å². The molecule has 2 rings (SSSR count). The van der Waals surface area contributed by atoms with Crippen LogP contribution in [0, 0.1) is 5.92 Å². The van der Waals surface area contributed by atoms with Crippen molar-refractivity contribution in [3.8, 4) is 0 Å². The van der Waals surface area contributed by atoms with E-state index in [2.05, 4.69) is 25.3 Å². The van der Waals surface area contributed by atoms with Gasteiger partial charge in [0.15, 0.2) is 11.2 Å². The molecule has 0 aliphatic carbocycles. The summed E-state index contributed by atoms with van der Waals surface area (Å²) in [5, 5.41) is 2.43. The fourth-order valence-electron chi connectivity index (χ4n) is 2.49. The van der Waals surface area contributed by atoms with Gasteiger partial charge in [-0.2, -0.15) is 18.2 Å². The van der Waals surface area contributed by atoms with Gasteiger partial charge >= 0.3 is 12.1 Å². The smallest absolute Gasteiger partial charge is 0.329 e. The van der Waals surface area contributed by atoms with Crippen molar-refractivity contribution in [3.05, 3.63) is 34.4 Å². The number of carbonyl (C=O) groups excluding carboxylic acids is 2. The van der Waals surface area contributed by atoms with Crippen LogP contribution in [0.1, 0.15) is 39.3 Å². The van der Waals surface area contributed by atoms with Gasteiger partial charge in [-0.15, -0.1) is 0 Å². The molecule has 12 heteroatoms. The lowest BCUT2D eigenvalue weighted by molar-refractivity contribution is -0.186. The van der Waals surface area contributed by atoms with Gasteiger partial charge in [0.1, 0.15) is 0 Å². The van der Waals surface area contributed by atoms with Crippen LogP contribution in [-0.2, 0) is 16.1 Å². The van der Waals surface area contributed by atoms with E-state index >= 15 is 0 Å². The first-order valence-corrected chi connectivity index (χ1v) is 9.60. The fraction of sp³-hybridized carbons (Fsp3) is 0.474. The maximum absolute atomic E-state index is 13.0. The molecular formula is C19H23F3N6O3. The van der Waals surface area contributed by atoms with Gasteiger partial charge in [-0.25, -0.2) is 9.97 Å². The molecule has 168 valence electrons. The van der Waals surface area contributed by atoms with Gasteiger partial charge in [0.05, 0.1) is 18.4 Å². The van der Waals surface area contributed by atoms with Crippen LogP contribution in [0.4, 0.5) is 19.1 Å². The molecule has 0 radical (unpaired) electrons. The first kappa shape index (κ1) is 24.0. The molecule has 2 aromatic heterocycles. The molecule has 0 spiro atoms. The van der Waals surface area contributed by atoms with Crippen LogP contribution in [0.3, 0.4) is 0 Å². The Morgan fingerprint density at radius 3 is 2.58 bits per heavy atom. The lowest BCUT2D eigenvalue weighted by Gasteiger charge is -2.22. The number of fused-ring (bicyclic) bond motifs is 1. The quantitative estimate of drug-likeness (QED) is 0.609. The fourth-order valence-corrected chi connectivity index (χ4v) is 2.49. The second kappa shape index (κ2) is 10.1. The Balaban J connectivity index is 2.30. The molecular weight excluding hydrogens is 417 g/mol. The maximum Gasteiger partial charge on any atom is 0.471 e. The molecule has 0 bridgehead atoms. The predicted molar refractivity (Wildman–Crippen MR) is 107 cm³/mol. The predicted octanol–water partition coefficient (Wildman–Crippen LogP) is 2.55. The van der Waals surface area contributed by atoms with E-state index in [-0.39, 0.29) is 47.6 Å². The van der Waals surface area contributed by atoms with Gasteiger partial charge in [0.2, 0.25) is 11.9 Å². The second-order valence-electron chi connectivity index (χ2n) is 6.98. The number of aromatic amines is 1.